The molecule has 1 aliphatic heterocycles. The van der Waals surface area contributed by atoms with Crippen LogP contribution in [0.1, 0.15) is 32.2 Å². The Morgan fingerprint density at radius 2 is 1.97 bits per heavy atom. The van der Waals surface area contributed by atoms with Gasteiger partial charge in [-0.05, 0) is 37.1 Å². The largest absolute Gasteiger partial charge is 0.422 e. The van der Waals surface area contributed by atoms with Crippen LogP contribution in [0.15, 0.2) is 41.2 Å². The minimum atomic E-state index is -0.434. The molecule has 2 N–H and O–H groups in total. The number of fused-ring (bicyclic) bond motifs is 1. The Bertz CT molecular complexity index is 1130. The minimum absolute atomic E-state index is 0.00108. The zero-order valence-corrected chi connectivity index (χ0v) is 16.8. The molecular weight excluding hydrogens is 394 g/mol. The molecule has 0 aliphatic carbocycles. The van der Waals surface area contributed by atoms with E-state index in [0.717, 1.165) is 18.4 Å². The topological polar surface area (TPSA) is 88.5 Å². The molecule has 29 heavy (non-hydrogen) atoms. The number of hydrogen-bond acceptors (Lipinski definition) is 5. The van der Waals surface area contributed by atoms with Gasteiger partial charge in [-0.15, -0.1) is 0 Å². The average Bonchev–Trinajstić information content (AvgIpc) is 3.03. The first kappa shape index (κ1) is 19.5. The van der Waals surface area contributed by atoms with Gasteiger partial charge in [-0.3, -0.25) is 13.9 Å². The van der Waals surface area contributed by atoms with Gasteiger partial charge in [0.05, 0.1) is 27.4 Å². The van der Waals surface area contributed by atoms with Gasteiger partial charge in [-0.25, -0.2) is 4.79 Å². The Hall–Kier alpha value is -2.77. The molecule has 2 heterocycles. The number of nitrogens with zero attached hydrogens (tertiary/aromatic N) is 2. The van der Waals surface area contributed by atoms with Gasteiger partial charge in [-0.2, -0.15) is 0 Å². The fourth-order valence-corrected chi connectivity index (χ4v) is 4.02. The highest BCUT2D eigenvalue weighted by molar-refractivity contribution is 6.35. The molecular formula is C21H22ClN3O4. The average molecular weight is 416 g/mol. The number of benzene rings is 2. The molecule has 0 radical (unpaired) electrons. The summed E-state index contributed by atoms with van der Waals surface area (Å²) in [4.78, 5) is 25.6. The lowest BCUT2D eigenvalue weighted by atomic mass is 10.1. The molecule has 7 nitrogen and oxygen atoms in total. The lowest BCUT2D eigenvalue weighted by Gasteiger charge is -2.23. The van der Waals surface area contributed by atoms with E-state index in [2.05, 4.69) is 0 Å². The van der Waals surface area contributed by atoms with Gasteiger partial charge >= 0.3 is 11.7 Å². The smallest absolute Gasteiger partial charge is 0.334 e. The third-order valence-electron chi connectivity index (χ3n) is 5.17. The third kappa shape index (κ3) is 3.41. The normalized spacial score (nSPS) is 15.0. The molecule has 8 heteroatoms. The van der Waals surface area contributed by atoms with Crippen molar-refractivity contribution in [1.29, 1.82) is 0 Å². The second-order valence-corrected chi connectivity index (χ2v) is 7.37. The standard InChI is InChI=1S/C21H22ClN3O4/c1-2-18(26)29-20-15(23)6-4-8-17(20)25-19-14(22)5-3-7-16(19)24(21(25)27)13-9-11-28-12-10-13/h3-8,13H,2,9-12,23H2,1H3. The minimum Gasteiger partial charge on any atom is -0.422 e. The van der Waals surface area contributed by atoms with Crippen LogP contribution in [0.5, 0.6) is 5.75 Å². The Labute approximate surface area is 172 Å². The predicted octanol–water partition coefficient (Wildman–Crippen LogP) is 3.69. The summed E-state index contributed by atoms with van der Waals surface area (Å²) in [5.74, 6) is -0.274. The van der Waals surface area contributed by atoms with Crippen molar-refractivity contribution in [3.05, 3.63) is 51.9 Å². The van der Waals surface area contributed by atoms with E-state index in [-0.39, 0.29) is 29.6 Å². The Morgan fingerprint density at radius 1 is 1.24 bits per heavy atom. The summed E-state index contributed by atoms with van der Waals surface area (Å²) in [6.07, 6.45) is 1.66. The molecule has 3 aromatic rings. The Morgan fingerprint density at radius 3 is 2.69 bits per heavy atom. The number of para-hydroxylation sites is 2. The zero-order chi connectivity index (χ0) is 20.5. The monoisotopic (exact) mass is 415 g/mol. The van der Waals surface area contributed by atoms with Crippen LogP contribution in [0.2, 0.25) is 5.02 Å². The molecule has 1 fully saturated rings. The summed E-state index contributed by atoms with van der Waals surface area (Å²) in [7, 11) is 0. The molecule has 0 atom stereocenters. The van der Waals surface area contributed by atoms with Crippen molar-refractivity contribution in [1.82, 2.24) is 9.13 Å². The Kier molecular flexibility index (Phi) is 5.34. The van der Waals surface area contributed by atoms with E-state index in [9.17, 15) is 9.59 Å². The highest BCUT2D eigenvalue weighted by Crippen LogP contribution is 2.35. The second kappa shape index (κ2) is 7.93. The first-order valence-corrected chi connectivity index (χ1v) is 9.99. The molecule has 1 aromatic heterocycles. The number of carbonyl (C=O) groups excluding carboxylic acids is 1. The summed E-state index contributed by atoms with van der Waals surface area (Å²) in [6, 6.07) is 10.5. The SMILES string of the molecule is CCC(=O)Oc1c(N)cccc1-n1c(=O)n(C2CCOCC2)c2cccc(Cl)c21. The van der Waals surface area contributed by atoms with Crippen LogP contribution in [0, 0.1) is 0 Å². The van der Waals surface area contributed by atoms with Crippen LogP contribution >= 0.6 is 11.6 Å². The van der Waals surface area contributed by atoms with Crippen LogP contribution in [-0.4, -0.2) is 28.3 Å². The molecule has 0 amide bonds. The van der Waals surface area contributed by atoms with Crippen LogP contribution < -0.4 is 16.2 Å². The maximum atomic E-state index is 13.6. The molecule has 0 saturated carbocycles. The van der Waals surface area contributed by atoms with Crippen molar-refractivity contribution in [2.75, 3.05) is 18.9 Å². The van der Waals surface area contributed by atoms with E-state index < -0.39 is 5.97 Å². The first-order valence-electron chi connectivity index (χ1n) is 9.61. The van der Waals surface area contributed by atoms with E-state index in [1.165, 1.54) is 4.57 Å². The summed E-state index contributed by atoms with van der Waals surface area (Å²) in [5.41, 5.74) is 7.79. The van der Waals surface area contributed by atoms with Crippen molar-refractivity contribution in [3.8, 4) is 11.4 Å². The van der Waals surface area contributed by atoms with Gasteiger partial charge in [-0.1, -0.05) is 30.7 Å². The van der Waals surface area contributed by atoms with Gasteiger partial charge in [0.15, 0.2) is 5.75 Å². The van der Waals surface area contributed by atoms with E-state index >= 15 is 0 Å². The third-order valence-corrected chi connectivity index (χ3v) is 5.48. The van der Waals surface area contributed by atoms with E-state index in [1.807, 2.05) is 12.1 Å². The summed E-state index contributed by atoms with van der Waals surface area (Å²) in [5, 5.41) is 0.431. The molecule has 0 bridgehead atoms. The number of imidazole rings is 1. The highest BCUT2D eigenvalue weighted by Gasteiger charge is 2.26. The number of nitrogen functional groups attached to an aromatic ring is 1. The maximum Gasteiger partial charge on any atom is 0.334 e. The van der Waals surface area contributed by atoms with Gasteiger partial charge < -0.3 is 15.2 Å². The van der Waals surface area contributed by atoms with Crippen molar-refractivity contribution in [2.45, 2.75) is 32.2 Å². The molecule has 1 saturated heterocycles. The van der Waals surface area contributed by atoms with E-state index in [0.29, 0.717) is 29.4 Å². The molecule has 1 aliphatic rings. The van der Waals surface area contributed by atoms with Crippen molar-refractivity contribution >= 4 is 34.3 Å². The fraction of sp³-hybridized carbons (Fsp3) is 0.333. The highest BCUT2D eigenvalue weighted by atomic mass is 35.5. The van der Waals surface area contributed by atoms with Crippen LogP contribution in [-0.2, 0) is 9.53 Å². The summed E-state index contributed by atoms with van der Waals surface area (Å²) >= 11 is 6.52. The van der Waals surface area contributed by atoms with Crippen LogP contribution in [0.4, 0.5) is 5.69 Å². The number of anilines is 1. The number of ether oxygens (including phenoxy) is 2. The van der Waals surface area contributed by atoms with Gasteiger partial charge in [0.1, 0.15) is 0 Å². The lowest BCUT2D eigenvalue weighted by Crippen LogP contribution is -2.30. The first-order chi connectivity index (χ1) is 14.0. The molecule has 4 rings (SSSR count). The van der Waals surface area contributed by atoms with Gasteiger partial charge in [0, 0.05) is 25.7 Å². The number of esters is 1. The second-order valence-electron chi connectivity index (χ2n) is 6.96. The fourth-order valence-electron chi connectivity index (χ4n) is 3.76. The molecule has 2 aromatic carbocycles. The number of nitrogens with two attached hydrogens (primary N) is 1. The van der Waals surface area contributed by atoms with Gasteiger partial charge in [0.25, 0.3) is 0 Å². The van der Waals surface area contributed by atoms with Crippen molar-refractivity contribution in [2.24, 2.45) is 0 Å². The molecule has 0 spiro atoms. The van der Waals surface area contributed by atoms with E-state index in [4.69, 9.17) is 26.8 Å². The van der Waals surface area contributed by atoms with Crippen LogP contribution in [0.3, 0.4) is 0 Å². The number of hydrogen-bond donors (Lipinski definition) is 1. The molecule has 0 unspecified atom stereocenters. The number of rotatable bonds is 4. The summed E-state index contributed by atoms with van der Waals surface area (Å²) in [6.45, 7) is 2.89. The Balaban J connectivity index is 2.01. The zero-order valence-electron chi connectivity index (χ0n) is 16.1. The summed E-state index contributed by atoms with van der Waals surface area (Å²) < 4.78 is 14.2. The van der Waals surface area contributed by atoms with E-state index in [1.54, 1.807) is 35.8 Å². The molecule has 152 valence electrons. The lowest BCUT2D eigenvalue weighted by molar-refractivity contribution is -0.133. The maximum absolute atomic E-state index is 13.6. The predicted molar refractivity (Wildman–Crippen MR) is 112 cm³/mol. The number of carbonyl (C=O) groups is 1. The quantitative estimate of drug-likeness (QED) is 0.399. The van der Waals surface area contributed by atoms with Crippen molar-refractivity contribution in [3.63, 3.8) is 0 Å². The van der Waals surface area contributed by atoms with Crippen LogP contribution in [0.25, 0.3) is 16.7 Å². The van der Waals surface area contributed by atoms with Gasteiger partial charge in [0.2, 0.25) is 0 Å². The number of aromatic nitrogens is 2. The number of halogens is 1. The van der Waals surface area contributed by atoms with Crippen molar-refractivity contribution < 1.29 is 14.3 Å².